The minimum absolute atomic E-state index is 0.00681. The van der Waals surface area contributed by atoms with Crippen LogP contribution in [0.15, 0.2) is 60.8 Å². The van der Waals surface area contributed by atoms with Gasteiger partial charge in [-0.15, -0.1) is 0 Å². The maximum absolute atomic E-state index is 14.7. The molecule has 0 radical (unpaired) electrons. The Morgan fingerprint density at radius 2 is 2.03 bits per heavy atom. The summed E-state index contributed by atoms with van der Waals surface area (Å²) in [4.78, 5) is 16.7. The van der Waals surface area contributed by atoms with E-state index in [9.17, 15) is 9.18 Å². The fourth-order valence-corrected chi connectivity index (χ4v) is 3.63. The number of hydrogen-bond donors (Lipinski definition) is 3. The Kier molecular flexibility index (Phi) is 5.53. The zero-order valence-corrected chi connectivity index (χ0v) is 16.0. The molecular formula is C23H23FN4O. The van der Waals surface area contributed by atoms with Gasteiger partial charge < -0.3 is 16.4 Å². The smallest absolute Gasteiger partial charge is 0.254 e. The van der Waals surface area contributed by atoms with Gasteiger partial charge in [-0.25, -0.2) is 9.37 Å². The summed E-state index contributed by atoms with van der Waals surface area (Å²) in [6, 6.07) is 16.0. The van der Waals surface area contributed by atoms with Gasteiger partial charge in [-0.2, -0.15) is 0 Å². The largest absolute Gasteiger partial charge is 0.383 e. The van der Waals surface area contributed by atoms with Gasteiger partial charge in [0.1, 0.15) is 11.6 Å². The van der Waals surface area contributed by atoms with Crippen LogP contribution in [0.5, 0.6) is 0 Å². The number of nitrogens with two attached hydrogens (primary N) is 1. The lowest BCUT2D eigenvalue weighted by Gasteiger charge is -2.13. The first-order chi connectivity index (χ1) is 14.1. The summed E-state index contributed by atoms with van der Waals surface area (Å²) in [6.45, 7) is 2.22. The van der Waals surface area contributed by atoms with Gasteiger partial charge in [-0.3, -0.25) is 4.79 Å². The number of carbonyl (C=O) groups excluding carboxylic acids is 1. The summed E-state index contributed by atoms with van der Waals surface area (Å²) in [6.07, 6.45) is 2.83. The van der Waals surface area contributed by atoms with Crippen LogP contribution in [-0.4, -0.2) is 24.0 Å². The monoisotopic (exact) mass is 390 g/mol. The predicted octanol–water partition coefficient (Wildman–Crippen LogP) is 3.48. The van der Waals surface area contributed by atoms with Gasteiger partial charge in [0.2, 0.25) is 0 Å². The molecule has 1 atom stereocenters. The van der Waals surface area contributed by atoms with Crippen LogP contribution in [0.1, 0.15) is 33.8 Å². The fraction of sp³-hybridized carbons (Fsp3) is 0.217. The molecule has 1 amide bonds. The molecule has 0 saturated carbocycles. The molecule has 0 aliphatic carbocycles. The number of anilines is 1. The Balaban J connectivity index is 1.54. The fourth-order valence-electron chi connectivity index (χ4n) is 3.63. The van der Waals surface area contributed by atoms with Crippen molar-refractivity contribution in [2.24, 2.45) is 0 Å². The summed E-state index contributed by atoms with van der Waals surface area (Å²) in [5.41, 5.74) is 9.40. The van der Waals surface area contributed by atoms with Crippen molar-refractivity contribution in [1.29, 1.82) is 0 Å². The number of carbonyl (C=O) groups is 1. The van der Waals surface area contributed by atoms with Crippen LogP contribution < -0.4 is 16.4 Å². The van der Waals surface area contributed by atoms with Crippen molar-refractivity contribution in [1.82, 2.24) is 15.6 Å². The van der Waals surface area contributed by atoms with Crippen LogP contribution in [0.3, 0.4) is 0 Å². The van der Waals surface area contributed by atoms with E-state index >= 15 is 0 Å². The number of rotatable bonds is 5. The zero-order valence-electron chi connectivity index (χ0n) is 16.0. The van der Waals surface area contributed by atoms with E-state index in [1.54, 1.807) is 12.3 Å². The van der Waals surface area contributed by atoms with Crippen LogP contribution >= 0.6 is 0 Å². The van der Waals surface area contributed by atoms with Crippen LogP contribution in [0, 0.1) is 5.82 Å². The van der Waals surface area contributed by atoms with E-state index in [1.165, 1.54) is 12.1 Å². The highest BCUT2D eigenvalue weighted by Gasteiger charge is 2.19. The van der Waals surface area contributed by atoms with E-state index < -0.39 is 11.7 Å². The van der Waals surface area contributed by atoms with E-state index in [0.29, 0.717) is 29.4 Å². The summed E-state index contributed by atoms with van der Waals surface area (Å²) >= 11 is 0. The van der Waals surface area contributed by atoms with E-state index in [2.05, 4.69) is 15.6 Å². The molecule has 4 N–H and O–H groups in total. The number of hydrogen-bond acceptors (Lipinski definition) is 4. The molecule has 5 nitrogen and oxygen atoms in total. The number of aromatic nitrogens is 1. The molecule has 1 aliphatic rings. The Hall–Kier alpha value is -3.25. The van der Waals surface area contributed by atoms with Gasteiger partial charge in [0.05, 0.1) is 5.56 Å². The molecule has 1 aromatic heterocycles. The van der Waals surface area contributed by atoms with Crippen molar-refractivity contribution < 1.29 is 9.18 Å². The zero-order chi connectivity index (χ0) is 20.2. The van der Waals surface area contributed by atoms with Gasteiger partial charge >= 0.3 is 0 Å². The summed E-state index contributed by atoms with van der Waals surface area (Å²) in [5.74, 6) is -0.301. The maximum Gasteiger partial charge on any atom is 0.254 e. The van der Waals surface area contributed by atoms with Crippen molar-refractivity contribution >= 4 is 11.7 Å². The molecule has 0 bridgehead atoms. The minimum atomic E-state index is -0.583. The van der Waals surface area contributed by atoms with Gasteiger partial charge in [-0.1, -0.05) is 36.4 Å². The van der Waals surface area contributed by atoms with E-state index in [4.69, 9.17) is 5.73 Å². The van der Waals surface area contributed by atoms with Gasteiger partial charge in [0.25, 0.3) is 5.91 Å². The lowest BCUT2D eigenvalue weighted by atomic mass is 9.96. The third kappa shape index (κ3) is 4.27. The molecule has 0 spiro atoms. The van der Waals surface area contributed by atoms with Crippen LogP contribution in [-0.2, 0) is 6.54 Å². The Bertz CT molecular complexity index is 1020. The molecule has 6 heteroatoms. The lowest BCUT2D eigenvalue weighted by molar-refractivity contribution is 0.0947. The molecule has 4 rings (SSSR count). The summed E-state index contributed by atoms with van der Waals surface area (Å²) < 4.78 is 14.7. The number of benzene rings is 2. The normalized spacial score (nSPS) is 16.0. The Morgan fingerprint density at radius 1 is 1.21 bits per heavy atom. The number of nitrogen functional groups attached to an aromatic ring is 1. The molecule has 1 fully saturated rings. The second-order valence-corrected chi connectivity index (χ2v) is 7.25. The van der Waals surface area contributed by atoms with Crippen LogP contribution in [0.4, 0.5) is 10.2 Å². The second kappa shape index (κ2) is 8.41. The molecule has 1 aliphatic heterocycles. The highest BCUT2D eigenvalue weighted by molar-refractivity contribution is 5.95. The van der Waals surface area contributed by atoms with Gasteiger partial charge in [0.15, 0.2) is 0 Å². The first-order valence-electron chi connectivity index (χ1n) is 9.70. The number of amides is 1. The third-order valence-electron chi connectivity index (χ3n) is 5.29. The van der Waals surface area contributed by atoms with Gasteiger partial charge in [0, 0.05) is 24.8 Å². The number of nitrogens with one attached hydrogen (secondary N) is 2. The predicted molar refractivity (Wildman–Crippen MR) is 112 cm³/mol. The first-order valence-corrected chi connectivity index (χ1v) is 9.70. The van der Waals surface area contributed by atoms with Crippen LogP contribution in [0.2, 0.25) is 0 Å². The molecule has 2 aromatic carbocycles. The molecule has 1 saturated heterocycles. The molecule has 2 heterocycles. The van der Waals surface area contributed by atoms with E-state index in [-0.39, 0.29) is 5.56 Å². The third-order valence-corrected chi connectivity index (χ3v) is 5.29. The topological polar surface area (TPSA) is 80.0 Å². The standard InChI is InChI=1S/C23H23FN4O/c24-21-11-16(20-10-18(14-27-22(20)25)17-8-9-26-13-17)6-7-19(21)23(29)28-12-15-4-2-1-3-5-15/h1-7,10-11,14,17,26H,8-9,12-13H2,(H2,25,27)(H,28,29). The molecular weight excluding hydrogens is 367 g/mol. The van der Waals surface area contributed by atoms with Gasteiger partial charge in [-0.05, 0) is 53.8 Å². The quantitative estimate of drug-likeness (QED) is 0.623. The van der Waals surface area contributed by atoms with Crippen molar-refractivity contribution in [3.63, 3.8) is 0 Å². The second-order valence-electron chi connectivity index (χ2n) is 7.25. The first kappa shape index (κ1) is 19.1. The highest BCUT2D eigenvalue weighted by atomic mass is 19.1. The van der Waals surface area contributed by atoms with Crippen LogP contribution in [0.25, 0.3) is 11.1 Å². The SMILES string of the molecule is Nc1ncc(C2CCNC2)cc1-c1ccc(C(=O)NCc2ccccc2)c(F)c1. The Morgan fingerprint density at radius 3 is 2.76 bits per heavy atom. The average molecular weight is 390 g/mol. The van der Waals surface area contributed by atoms with E-state index in [0.717, 1.165) is 30.6 Å². The highest BCUT2D eigenvalue weighted by Crippen LogP contribution is 2.31. The number of halogens is 1. The number of pyridine rings is 1. The van der Waals surface area contributed by atoms with Crippen molar-refractivity contribution in [3.8, 4) is 11.1 Å². The average Bonchev–Trinajstić information content (AvgIpc) is 3.28. The summed E-state index contributed by atoms with van der Waals surface area (Å²) in [7, 11) is 0. The Labute approximate surface area is 169 Å². The van der Waals surface area contributed by atoms with Crippen molar-refractivity contribution in [2.45, 2.75) is 18.9 Å². The molecule has 148 valence electrons. The number of nitrogens with zero attached hydrogens (tertiary/aromatic N) is 1. The lowest BCUT2D eigenvalue weighted by Crippen LogP contribution is -2.23. The molecule has 3 aromatic rings. The summed E-state index contributed by atoms with van der Waals surface area (Å²) in [5, 5.41) is 6.08. The maximum atomic E-state index is 14.7. The van der Waals surface area contributed by atoms with E-state index in [1.807, 2.05) is 36.4 Å². The van der Waals surface area contributed by atoms with Crippen molar-refractivity contribution in [3.05, 3.63) is 83.3 Å². The van der Waals surface area contributed by atoms with Crippen molar-refractivity contribution in [2.75, 3.05) is 18.8 Å². The molecule has 1 unspecified atom stereocenters. The minimum Gasteiger partial charge on any atom is -0.383 e. The molecule has 29 heavy (non-hydrogen) atoms.